The average Bonchev–Trinajstić information content (AvgIpc) is 3.54. The van der Waals surface area contributed by atoms with Crippen LogP contribution in [-0.2, 0) is 16.0 Å². The van der Waals surface area contributed by atoms with Crippen molar-refractivity contribution in [2.75, 3.05) is 19.7 Å². The Labute approximate surface area is 200 Å². The summed E-state index contributed by atoms with van der Waals surface area (Å²) in [6.45, 7) is 3.29. The fraction of sp³-hybridized carbons (Fsp3) is 0.357. The largest absolute Gasteiger partial charge is 0.469 e. The van der Waals surface area contributed by atoms with Crippen molar-refractivity contribution >= 4 is 11.8 Å². The van der Waals surface area contributed by atoms with E-state index in [1.807, 2.05) is 48.5 Å². The molecule has 1 fully saturated rings. The van der Waals surface area contributed by atoms with Gasteiger partial charge in [-0.1, -0.05) is 60.7 Å². The van der Waals surface area contributed by atoms with Gasteiger partial charge >= 0.3 is 0 Å². The topological polar surface area (TPSA) is 71.8 Å². The normalized spacial score (nSPS) is 16.2. The molecule has 2 aromatic carbocycles. The van der Waals surface area contributed by atoms with Crippen LogP contribution in [0.25, 0.3) is 0 Å². The summed E-state index contributed by atoms with van der Waals surface area (Å²) in [6, 6.07) is 21.7. The minimum Gasteiger partial charge on any atom is -0.469 e. The van der Waals surface area contributed by atoms with Gasteiger partial charge in [0.05, 0.1) is 24.0 Å². The predicted molar refractivity (Wildman–Crippen MR) is 130 cm³/mol. The third-order valence-corrected chi connectivity index (χ3v) is 6.25. The summed E-state index contributed by atoms with van der Waals surface area (Å²) in [6.07, 6.45) is 4.36. The Bertz CT molecular complexity index is 1060. The van der Waals surface area contributed by atoms with Gasteiger partial charge in [-0.05, 0) is 43.4 Å². The van der Waals surface area contributed by atoms with Crippen molar-refractivity contribution in [1.82, 2.24) is 10.2 Å². The van der Waals surface area contributed by atoms with E-state index < -0.39 is 0 Å². The highest BCUT2D eigenvalue weighted by Crippen LogP contribution is 2.20. The second-order valence-electron chi connectivity index (χ2n) is 8.75. The number of ether oxygens (including phenoxy) is 1. The molecule has 2 amide bonds. The SMILES string of the molecule is Cc1occc1C(=O)N(CCC(=O)NC(Cc1ccccc1)c1ccccc1)CC1CCCO1. The van der Waals surface area contributed by atoms with Gasteiger partial charge in [-0.25, -0.2) is 0 Å². The van der Waals surface area contributed by atoms with Crippen LogP contribution in [0.3, 0.4) is 0 Å². The van der Waals surface area contributed by atoms with Crippen LogP contribution in [0.1, 0.15) is 52.5 Å². The molecular weight excluding hydrogens is 428 g/mol. The number of carbonyl (C=O) groups excluding carboxylic acids is 2. The fourth-order valence-corrected chi connectivity index (χ4v) is 4.38. The maximum Gasteiger partial charge on any atom is 0.257 e. The summed E-state index contributed by atoms with van der Waals surface area (Å²) in [4.78, 5) is 28.0. The minimum atomic E-state index is -0.144. The van der Waals surface area contributed by atoms with Crippen molar-refractivity contribution in [3.63, 3.8) is 0 Å². The second kappa shape index (κ2) is 11.7. The molecule has 2 unspecified atom stereocenters. The summed E-state index contributed by atoms with van der Waals surface area (Å²) < 4.78 is 11.1. The van der Waals surface area contributed by atoms with E-state index in [4.69, 9.17) is 9.15 Å². The fourth-order valence-electron chi connectivity index (χ4n) is 4.38. The number of rotatable bonds is 10. The van der Waals surface area contributed by atoms with Crippen molar-refractivity contribution in [2.45, 2.75) is 44.8 Å². The van der Waals surface area contributed by atoms with E-state index in [9.17, 15) is 9.59 Å². The predicted octanol–water partition coefficient (Wildman–Crippen LogP) is 4.70. The van der Waals surface area contributed by atoms with E-state index in [2.05, 4.69) is 17.4 Å². The lowest BCUT2D eigenvalue weighted by Gasteiger charge is -2.26. The van der Waals surface area contributed by atoms with Crippen molar-refractivity contribution in [3.05, 3.63) is 95.4 Å². The monoisotopic (exact) mass is 460 g/mol. The third kappa shape index (κ3) is 6.35. The van der Waals surface area contributed by atoms with E-state index in [1.54, 1.807) is 17.9 Å². The highest BCUT2D eigenvalue weighted by atomic mass is 16.5. The van der Waals surface area contributed by atoms with Crippen molar-refractivity contribution in [2.24, 2.45) is 0 Å². The zero-order chi connectivity index (χ0) is 23.8. The number of hydrogen-bond donors (Lipinski definition) is 1. The number of nitrogens with one attached hydrogen (secondary N) is 1. The Morgan fingerprint density at radius 1 is 1.06 bits per heavy atom. The molecular formula is C28H32N2O4. The van der Waals surface area contributed by atoms with Gasteiger partial charge in [0.15, 0.2) is 0 Å². The molecule has 1 saturated heterocycles. The molecule has 3 aromatic rings. The molecule has 0 saturated carbocycles. The quantitative estimate of drug-likeness (QED) is 0.476. The highest BCUT2D eigenvalue weighted by Gasteiger charge is 2.26. The number of furan rings is 1. The Balaban J connectivity index is 1.42. The molecule has 6 nitrogen and oxygen atoms in total. The van der Waals surface area contributed by atoms with Gasteiger partial charge in [0.2, 0.25) is 5.91 Å². The molecule has 1 aromatic heterocycles. The average molecular weight is 461 g/mol. The van der Waals surface area contributed by atoms with E-state index in [0.717, 1.165) is 30.6 Å². The Morgan fingerprint density at radius 3 is 2.44 bits per heavy atom. The Kier molecular flexibility index (Phi) is 8.15. The van der Waals surface area contributed by atoms with Crippen LogP contribution in [0, 0.1) is 6.92 Å². The van der Waals surface area contributed by atoms with Crippen LogP contribution in [0.15, 0.2) is 77.4 Å². The van der Waals surface area contributed by atoms with E-state index >= 15 is 0 Å². The van der Waals surface area contributed by atoms with Gasteiger partial charge in [0.1, 0.15) is 5.76 Å². The summed E-state index contributed by atoms with van der Waals surface area (Å²) in [5, 5.41) is 3.19. The first-order chi connectivity index (χ1) is 16.6. The first-order valence-corrected chi connectivity index (χ1v) is 11.9. The van der Waals surface area contributed by atoms with Crippen LogP contribution in [0.2, 0.25) is 0 Å². The maximum atomic E-state index is 13.2. The smallest absolute Gasteiger partial charge is 0.257 e. The van der Waals surface area contributed by atoms with Crippen LogP contribution in [0.5, 0.6) is 0 Å². The molecule has 34 heavy (non-hydrogen) atoms. The molecule has 1 N–H and O–H groups in total. The van der Waals surface area contributed by atoms with Crippen LogP contribution in [-0.4, -0.2) is 42.5 Å². The van der Waals surface area contributed by atoms with E-state index in [0.29, 0.717) is 30.8 Å². The van der Waals surface area contributed by atoms with Gasteiger partial charge in [-0.2, -0.15) is 0 Å². The first kappa shape index (κ1) is 23.8. The molecule has 2 atom stereocenters. The first-order valence-electron chi connectivity index (χ1n) is 11.9. The molecule has 0 bridgehead atoms. The number of benzene rings is 2. The zero-order valence-corrected chi connectivity index (χ0v) is 19.6. The molecule has 0 spiro atoms. The number of carbonyl (C=O) groups is 2. The molecule has 4 rings (SSSR count). The molecule has 0 aliphatic carbocycles. The molecule has 6 heteroatoms. The van der Waals surface area contributed by atoms with Crippen LogP contribution in [0.4, 0.5) is 0 Å². The van der Waals surface area contributed by atoms with Gasteiger partial charge < -0.3 is 19.4 Å². The number of hydrogen-bond acceptors (Lipinski definition) is 4. The van der Waals surface area contributed by atoms with Gasteiger partial charge in [-0.15, -0.1) is 0 Å². The van der Waals surface area contributed by atoms with Crippen molar-refractivity contribution < 1.29 is 18.7 Å². The van der Waals surface area contributed by atoms with Gasteiger partial charge in [-0.3, -0.25) is 9.59 Å². The Morgan fingerprint density at radius 2 is 1.79 bits per heavy atom. The number of aryl methyl sites for hydroxylation is 1. The Hall–Kier alpha value is -3.38. The minimum absolute atomic E-state index is 0.00867. The summed E-state index contributed by atoms with van der Waals surface area (Å²) in [5.41, 5.74) is 2.74. The second-order valence-corrected chi connectivity index (χ2v) is 8.75. The molecule has 1 aliphatic heterocycles. The summed E-state index contributed by atoms with van der Waals surface area (Å²) in [7, 11) is 0. The van der Waals surface area contributed by atoms with Crippen LogP contribution >= 0.6 is 0 Å². The van der Waals surface area contributed by atoms with Crippen molar-refractivity contribution in [3.8, 4) is 0 Å². The lowest BCUT2D eigenvalue weighted by Crippen LogP contribution is -2.40. The molecule has 0 radical (unpaired) electrons. The molecule has 2 heterocycles. The summed E-state index contributed by atoms with van der Waals surface area (Å²) >= 11 is 0. The van der Waals surface area contributed by atoms with Gasteiger partial charge in [0, 0.05) is 26.1 Å². The third-order valence-electron chi connectivity index (χ3n) is 6.25. The number of amides is 2. The van der Waals surface area contributed by atoms with Gasteiger partial charge in [0.25, 0.3) is 5.91 Å². The van der Waals surface area contributed by atoms with E-state index in [-0.39, 0.29) is 30.4 Å². The highest BCUT2D eigenvalue weighted by molar-refractivity contribution is 5.95. The lowest BCUT2D eigenvalue weighted by atomic mass is 9.98. The van der Waals surface area contributed by atoms with Crippen molar-refractivity contribution in [1.29, 1.82) is 0 Å². The van der Waals surface area contributed by atoms with Crippen LogP contribution < -0.4 is 5.32 Å². The van der Waals surface area contributed by atoms with E-state index in [1.165, 1.54) is 6.26 Å². The lowest BCUT2D eigenvalue weighted by molar-refractivity contribution is -0.122. The summed E-state index contributed by atoms with van der Waals surface area (Å²) in [5.74, 6) is 0.371. The molecule has 1 aliphatic rings. The molecule has 178 valence electrons. The zero-order valence-electron chi connectivity index (χ0n) is 19.6. The number of nitrogens with zero attached hydrogens (tertiary/aromatic N) is 1. The standard InChI is InChI=1S/C28H32N2O4/c1-21-25(15-18-33-21)28(32)30(20-24-13-8-17-34-24)16-14-27(31)29-26(23-11-6-3-7-12-23)19-22-9-4-2-5-10-22/h2-7,9-12,15,18,24,26H,8,13-14,16-17,19-20H2,1H3,(H,29,31). The maximum absolute atomic E-state index is 13.2.